The average molecular weight is 300 g/mol. The van der Waals surface area contributed by atoms with E-state index >= 15 is 0 Å². The predicted molar refractivity (Wildman–Crippen MR) is 76.6 cm³/mol. The maximum atomic E-state index is 12.1. The Morgan fingerprint density at radius 2 is 1.62 bits per heavy atom. The van der Waals surface area contributed by atoms with Crippen molar-refractivity contribution in [3.05, 3.63) is 11.6 Å². The van der Waals surface area contributed by atoms with Gasteiger partial charge in [-0.05, 0) is 26.7 Å². The number of carbonyl (C=O) groups is 3. The van der Waals surface area contributed by atoms with E-state index in [1.165, 1.54) is 0 Å². The number of carbonyl (C=O) groups excluding carboxylic acids is 2. The number of rotatable bonds is 9. The van der Waals surface area contributed by atoms with E-state index in [0.29, 0.717) is 6.42 Å². The third-order valence-corrected chi connectivity index (χ3v) is 3.16. The topological polar surface area (TPSA) is 89.9 Å². The van der Waals surface area contributed by atoms with Crippen molar-refractivity contribution in [3.63, 3.8) is 0 Å². The minimum absolute atomic E-state index is 0.0294. The van der Waals surface area contributed by atoms with Crippen LogP contribution in [-0.2, 0) is 23.9 Å². The van der Waals surface area contributed by atoms with Gasteiger partial charge in [-0.2, -0.15) is 0 Å². The van der Waals surface area contributed by atoms with Crippen molar-refractivity contribution in [2.24, 2.45) is 5.41 Å². The molecule has 0 aromatic rings. The van der Waals surface area contributed by atoms with E-state index in [4.69, 9.17) is 9.47 Å². The van der Waals surface area contributed by atoms with Crippen LogP contribution in [0.15, 0.2) is 11.6 Å². The molecule has 0 fully saturated rings. The van der Waals surface area contributed by atoms with Gasteiger partial charge in [-0.25, -0.2) is 4.79 Å². The number of aliphatic carboxylic acids is 1. The Kier molecular flexibility index (Phi) is 8.35. The van der Waals surface area contributed by atoms with Crippen molar-refractivity contribution in [1.29, 1.82) is 0 Å². The minimum Gasteiger partial charge on any atom is -0.480 e. The Hall–Kier alpha value is -1.85. The van der Waals surface area contributed by atoms with Gasteiger partial charge in [-0.15, -0.1) is 0 Å². The summed E-state index contributed by atoms with van der Waals surface area (Å²) in [5.74, 6) is -2.72. The number of esters is 2. The van der Waals surface area contributed by atoms with Crippen LogP contribution in [0.1, 0.15) is 47.0 Å². The summed E-state index contributed by atoms with van der Waals surface area (Å²) < 4.78 is 9.79. The van der Waals surface area contributed by atoms with Crippen LogP contribution in [0, 0.1) is 5.41 Å². The highest BCUT2D eigenvalue weighted by atomic mass is 16.5. The number of carboxylic acids is 1. The number of allylic oxidation sites excluding steroid dienone is 1. The van der Waals surface area contributed by atoms with Gasteiger partial charge >= 0.3 is 17.9 Å². The Morgan fingerprint density at radius 1 is 1.05 bits per heavy atom. The SMILES string of the molecule is CCC=C(CC(CC)(C(=O)O)C(=O)OCC)C(=O)OCC. The van der Waals surface area contributed by atoms with Gasteiger partial charge in [-0.3, -0.25) is 9.59 Å². The number of carboxylic acid groups (broad SMARTS) is 1. The van der Waals surface area contributed by atoms with Crippen LogP contribution in [0.25, 0.3) is 0 Å². The Morgan fingerprint density at radius 3 is 2.00 bits per heavy atom. The van der Waals surface area contributed by atoms with Crippen molar-refractivity contribution >= 4 is 17.9 Å². The molecule has 0 aliphatic carbocycles. The second-order valence-electron chi connectivity index (χ2n) is 4.50. The van der Waals surface area contributed by atoms with Gasteiger partial charge in [0, 0.05) is 12.0 Å². The third-order valence-electron chi connectivity index (χ3n) is 3.16. The first-order valence-electron chi connectivity index (χ1n) is 7.16. The molecule has 0 aromatic carbocycles. The van der Waals surface area contributed by atoms with Gasteiger partial charge in [0.05, 0.1) is 13.2 Å². The molecule has 0 saturated heterocycles. The molecule has 0 heterocycles. The molecule has 0 amide bonds. The molecular formula is C15H24O6. The molecule has 0 bridgehead atoms. The first kappa shape index (κ1) is 19.1. The molecule has 1 unspecified atom stereocenters. The molecule has 120 valence electrons. The average Bonchev–Trinajstić information content (AvgIpc) is 2.43. The summed E-state index contributed by atoms with van der Waals surface area (Å²) in [6, 6.07) is 0. The summed E-state index contributed by atoms with van der Waals surface area (Å²) in [4.78, 5) is 35.6. The standard InChI is InChI=1S/C15H24O6/c1-5-9-11(12(16)20-7-3)10-15(6-2,13(17)18)14(19)21-8-4/h9H,5-8,10H2,1-4H3,(H,17,18). The first-order valence-corrected chi connectivity index (χ1v) is 7.16. The zero-order valence-electron chi connectivity index (χ0n) is 13.1. The Balaban J connectivity index is 5.53. The Labute approximate surface area is 125 Å². The van der Waals surface area contributed by atoms with Gasteiger partial charge in [0.15, 0.2) is 5.41 Å². The van der Waals surface area contributed by atoms with Crippen LogP contribution >= 0.6 is 0 Å². The Bertz CT molecular complexity index is 412. The van der Waals surface area contributed by atoms with E-state index in [1.54, 1.807) is 26.8 Å². The number of hydrogen-bond acceptors (Lipinski definition) is 5. The minimum atomic E-state index is -1.76. The molecule has 0 saturated carbocycles. The summed E-state index contributed by atoms with van der Waals surface area (Å²) in [5.41, 5.74) is -1.57. The molecule has 0 rings (SSSR count). The van der Waals surface area contributed by atoms with Gasteiger partial charge in [-0.1, -0.05) is 19.9 Å². The highest BCUT2D eigenvalue weighted by molar-refractivity contribution is 6.01. The largest absolute Gasteiger partial charge is 0.480 e. The molecule has 0 aliphatic rings. The van der Waals surface area contributed by atoms with Crippen molar-refractivity contribution in [2.45, 2.75) is 47.0 Å². The maximum absolute atomic E-state index is 12.1. The highest BCUT2D eigenvalue weighted by Crippen LogP contribution is 2.33. The summed E-state index contributed by atoms with van der Waals surface area (Å²) in [6.45, 7) is 6.94. The summed E-state index contributed by atoms with van der Waals surface area (Å²) >= 11 is 0. The van der Waals surface area contributed by atoms with E-state index in [1.807, 2.05) is 6.92 Å². The fraction of sp³-hybridized carbons (Fsp3) is 0.667. The molecule has 0 spiro atoms. The fourth-order valence-electron chi connectivity index (χ4n) is 1.95. The molecule has 6 heteroatoms. The van der Waals surface area contributed by atoms with E-state index in [9.17, 15) is 19.5 Å². The van der Waals surface area contributed by atoms with Crippen LogP contribution in [0.4, 0.5) is 0 Å². The van der Waals surface area contributed by atoms with Crippen molar-refractivity contribution in [1.82, 2.24) is 0 Å². The molecule has 1 atom stereocenters. The summed E-state index contributed by atoms with van der Waals surface area (Å²) in [5, 5.41) is 9.47. The predicted octanol–water partition coefficient (Wildman–Crippen LogP) is 2.32. The molecule has 0 aromatic heterocycles. The molecule has 0 radical (unpaired) electrons. The maximum Gasteiger partial charge on any atom is 0.333 e. The zero-order valence-corrected chi connectivity index (χ0v) is 13.1. The van der Waals surface area contributed by atoms with E-state index in [0.717, 1.165) is 0 Å². The smallest absolute Gasteiger partial charge is 0.333 e. The second kappa shape index (κ2) is 9.15. The summed E-state index contributed by atoms with van der Waals surface area (Å²) in [7, 11) is 0. The van der Waals surface area contributed by atoms with Gasteiger partial charge < -0.3 is 14.6 Å². The molecule has 6 nitrogen and oxygen atoms in total. The van der Waals surface area contributed by atoms with E-state index in [-0.39, 0.29) is 31.6 Å². The second-order valence-corrected chi connectivity index (χ2v) is 4.50. The highest BCUT2D eigenvalue weighted by Gasteiger charge is 2.47. The molecule has 1 N–H and O–H groups in total. The van der Waals surface area contributed by atoms with Crippen LogP contribution in [0.5, 0.6) is 0 Å². The number of hydrogen-bond donors (Lipinski definition) is 1. The van der Waals surface area contributed by atoms with Gasteiger partial charge in [0.25, 0.3) is 0 Å². The van der Waals surface area contributed by atoms with E-state index < -0.39 is 23.3 Å². The van der Waals surface area contributed by atoms with Crippen LogP contribution in [0.2, 0.25) is 0 Å². The van der Waals surface area contributed by atoms with Crippen molar-refractivity contribution < 1.29 is 29.0 Å². The normalized spacial score (nSPS) is 14.2. The van der Waals surface area contributed by atoms with Gasteiger partial charge in [0.1, 0.15) is 0 Å². The quantitative estimate of drug-likeness (QED) is 0.399. The lowest BCUT2D eigenvalue weighted by atomic mass is 9.78. The zero-order chi connectivity index (χ0) is 16.5. The fourth-order valence-corrected chi connectivity index (χ4v) is 1.95. The molecule has 0 aliphatic heterocycles. The monoisotopic (exact) mass is 300 g/mol. The van der Waals surface area contributed by atoms with E-state index in [2.05, 4.69) is 0 Å². The lowest BCUT2D eigenvalue weighted by Crippen LogP contribution is -2.41. The summed E-state index contributed by atoms with van der Waals surface area (Å²) in [6.07, 6.45) is 1.92. The lowest BCUT2D eigenvalue weighted by molar-refractivity contribution is -0.169. The number of ether oxygens (including phenoxy) is 2. The van der Waals surface area contributed by atoms with Crippen molar-refractivity contribution in [3.8, 4) is 0 Å². The molecular weight excluding hydrogens is 276 g/mol. The van der Waals surface area contributed by atoms with Gasteiger partial charge in [0.2, 0.25) is 0 Å². The first-order chi connectivity index (χ1) is 9.89. The van der Waals surface area contributed by atoms with Crippen molar-refractivity contribution in [2.75, 3.05) is 13.2 Å². The van der Waals surface area contributed by atoms with Crippen LogP contribution in [0.3, 0.4) is 0 Å². The third kappa shape index (κ3) is 4.88. The van der Waals surface area contributed by atoms with Crippen LogP contribution < -0.4 is 0 Å². The lowest BCUT2D eigenvalue weighted by Gasteiger charge is -2.26. The molecule has 21 heavy (non-hydrogen) atoms. The van der Waals surface area contributed by atoms with Crippen LogP contribution in [-0.4, -0.2) is 36.2 Å².